The number of nitro groups is 1. The zero-order chi connectivity index (χ0) is 18.8. The van der Waals surface area contributed by atoms with Gasteiger partial charge >= 0.3 is 0 Å². The number of quaternary nitrogens is 1. The van der Waals surface area contributed by atoms with Gasteiger partial charge in [0.05, 0.1) is 16.3 Å². The van der Waals surface area contributed by atoms with E-state index in [1.807, 2.05) is 0 Å². The van der Waals surface area contributed by atoms with E-state index in [-0.39, 0.29) is 17.6 Å². The fourth-order valence-corrected chi connectivity index (χ4v) is 5.35. The summed E-state index contributed by atoms with van der Waals surface area (Å²) in [5.41, 5.74) is 1.91. The molecule has 3 aromatic rings. The quantitative estimate of drug-likeness (QED) is 0.511. The average molecular weight is 401 g/mol. The van der Waals surface area contributed by atoms with E-state index in [4.69, 9.17) is 0 Å². The maximum atomic E-state index is 12.6. The van der Waals surface area contributed by atoms with E-state index in [9.17, 15) is 14.9 Å². The van der Waals surface area contributed by atoms with E-state index < -0.39 is 4.92 Å². The first kappa shape index (κ1) is 17.8. The van der Waals surface area contributed by atoms with Gasteiger partial charge in [-0.15, -0.1) is 22.7 Å². The van der Waals surface area contributed by atoms with Crippen LogP contribution in [0.25, 0.3) is 0 Å². The Balaban J connectivity index is 1.49. The van der Waals surface area contributed by atoms with E-state index in [1.165, 1.54) is 32.4 Å². The van der Waals surface area contributed by atoms with E-state index in [0.717, 1.165) is 13.0 Å². The van der Waals surface area contributed by atoms with Gasteiger partial charge in [0, 0.05) is 34.7 Å². The van der Waals surface area contributed by atoms with E-state index >= 15 is 0 Å². The molecule has 0 fully saturated rings. The zero-order valence-corrected chi connectivity index (χ0v) is 16.0. The Hall–Kier alpha value is -2.55. The number of thiophene rings is 2. The molecule has 0 radical (unpaired) electrons. The molecule has 4 rings (SSSR count). The van der Waals surface area contributed by atoms with Crippen molar-refractivity contribution in [1.82, 2.24) is 0 Å². The topological polar surface area (TPSA) is 76.7 Å². The lowest BCUT2D eigenvalue weighted by molar-refractivity contribution is -0.919. The number of fused-ring (bicyclic) bond motifs is 1. The van der Waals surface area contributed by atoms with Crippen molar-refractivity contribution in [1.29, 1.82) is 0 Å². The molecule has 0 spiro atoms. The molecular weight excluding hydrogens is 382 g/mol. The second kappa shape index (κ2) is 7.59. The molecule has 27 heavy (non-hydrogen) atoms. The molecule has 1 amide bonds. The molecule has 2 atom stereocenters. The number of hydrogen-bond acceptors (Lipinski definition) is 5. The van der Waals surface area contributed by atoms with Crippen LogP contribution in [0.15, 0.2) is 53.2 Å². The van der Waals surface area contributed by atoms with Gasteiger partial charge in [-0.2, -0.15) is 0 Å². The number of non-ortho nitro benzene ring substituents is 1. The van der Waals surface area contributed by atoms with Crippen LogP contribution in [0, 0.1) is 10.1 Å². The summed E-state index contributed by atoms with van der Waals surface area (Å²) in [4.78, 5) is 26.8. The molecule has 0 bridgehead atoms. The van der Waals surface area contributed by atoms with Gasteiger partial charge in [-0.3, -0.25) is 14.9 Å². The van der Waals surface area contributed by atoms with Crippen LogP contribution in [-0.4, -0.2) is 23.9 Å². The van der Waals surface area contributed by atoms with Gasteiger partial charge in [-0.1, -0.05) is 6.07 Å². The summed E-state index contributed by atoms with van der Waals surface area (Å²) in [6.07, 6.45) is 0.981. The molecule has 1 aromatic carbocycles. The van der Waals surface area contributed by atoms with E-state index in [1.54, 1.807) is 34.8 Å². The standard InChI is InChI=1S/C19H17N3O3S2/c23-18(20-13-3-5-14(6-4-13)22(24)25)12-21-9-7-16-15(8-11-27-16)19(21)17-2-1-10-26-17/h1-6,8,10-11,19H,7,9,12H2,(H,20,23)/p+1/t19-/m1/s1. The molecule has 2 N–H and O–H groups in total. The number of rotatable bonds is 5. The molecule has 1 aliphatic heterocycles. The number of benzene rings is 1. The third kappa shape index (κ3) is 3.78. The molecule has 2 aromatic heterocycles. The summed E-state index contributed by atoms with van der Waals surface area (Å²) >= 11 is 3.51. The van der Waals surface area contributed by atoms with E-state index in [0.29, 0.717) is 12.2 Å². The summed E-state index contributed by atoms with van der Waals surface area (Å²) in [5, 5.41) is 17.8. The molecule has 138 valence electrons. The predicted molar refractivity (Wildman–Crippen MR) is 107 cm³/mol. The number of nitrogens with zero attached hydrogens (tertiary/aromatic N) is 1. The lowest BCUT2D eigenvalue weighted by Crippen LogP contribution is -3.14. The highest BCUT2D eigenvalue weighted by atomic mass is 32.1. The summed E-state index contributed by atoms with van der Waals surface area (Å²) in [5.74, 6) is -0.0842. The lowest BCUT2D eigenvalue weighted by atomic mass is 9.98. The number of nitro benzene ring substituents is 1. The lowest BCUT2D eigenvalue weighted by Gasteiger charge is -2.31. The number of carbonyl (C=O) groups is 1. The summed E-state index contributed by atoms with van der Waals surface area (Å²) in [6.45, 7) is 1.26. The minimum Gasteiger partial charge on any atom is -0.321 e. The second-order valence-corrected chi connectivity index (χ2v) is 8.41. The van der Waals surface area contributed by atoms with Crippen LogP contribution in [0.3, 0.4) is 0 Å². The number of amides is 1. The molecule has 1 unspecified atom stereocenters. The Morgan fingerprint density at radius 1 is 1.19 bits per heavy atom. The smallest absolute Gasteiger partial charge is 0.279 e. The highest BCUT2D eigenvalue weighted by molar-refractivity contribution is 7.10. The molecular formula is C19H18N3O3S2+. The average Bonchev–Trinajstić information content (AvgIpc) is 3.33. The third-order valence-electron chi connectivity index (χ3n) is 4.75. The summed E-state index contributed by atoms with van der Waals surface area (Å²) in [7, 11) is 0. The largest absolute Gasteiger partial charge is 0.321 e. The number of anilines is 1. The van der Waals surface area contributed by atoms with Gasteiger partial charge < -0.3 is 10.2 Å². The van der Waals surface area contributed by atoms with Gasteiger partial charge in [-0.25, -0.2) is 0 Å². The van der Waals surface area contributed by atoms with Crippen LogP contribution in [-0.2, 0) is 11.2 Å². The molecule has 8 heteroatoms. The van der Waals surface area contributed by atoms with Crippen LogP contribution in [0.2, 0.25) is 0 Å². The van der Waals surface area contributed by atoms with Crippen molar-refractivity contribution in [3.05, 3.63) is 78.7 Å². The monoisotopic (exact) mass is 400 g/mol. The van der Waals surface area contributed by atoms with Crippen molar-refractivity contribution >= 4 is 40.0 Å². The van der Waals surface area contributed by atoms with Gasteiger partial charge in [-0.05, 0) is 35.0 Å². The first-order chi connectivity index (χ1) is 13.1. The number of hydrogen-bond donors (Lipinski definition) is 2. The maximum absolute atomic E-state index is 12.6. The van der Waals surface area contributed by atoms with Crippen molar-refractivity contribution < 1.29 is 14.6 Å². The fourth-order valence-electron chi connectivity index (χ4n) is 3.53. The maximum Gasteiger partial charge on any atom is 0.279 e. The van der Waals surface area contributed by atoms with Crippen molar-refractivity contribution in [2.75, 3.05) is 18.4 Å². The predicted octanol–water partition coefficient (Wildman–Crippen LogP) is 2.89. The van der Waals surface area contributed by atoms with Gasteiger partial charge in [0.2, 0.25) is 0 Å². The Kier molecular flexibility index (Phi) is 5.02. The van der Waals surface area contributed by atoms with Crippen molar-refractivity contribution in [3.8, 4) is 0 Å². The minimum absolute atomic E-state index is 0.0115. The highest BCUT2D eigenvalue weighted by Crippen LogP contribution is 2.31. The van der Waals surface area contributed by atoms with Crippen LogP contribution in [0.4, 0.5) is 11.4 Å². The number of carbonyl (C=O) groups excluding carboxylic acids is 1. The third-order valence-corrected chi connectivity index (χ3v) is 6.68. The SMILES string of the molecule is O=C(C[NH+]1CCc2sccc2[C@@H]1c1cccs1)Nc1ccc([N+](=O)[O-])cc1. The highest BCUT2D eigenvalue weighted by Gasteiger charge is 2.35. The Morgan fingerprint density at radius 2 is 2.00 bits per heavy atom. The Bertz CT molecular complexity index is 951. The van der Waals surface area contributed by atoms with Crippen LogP contribution in [0.1, 0.15) is 21.4 Å². The van der Waals surface area contributed by atoms with Gasteiger partial charge in [0.25, 0.3) is 11.6 Å². The zero-order valence-electron chi connectivity index (χ0n) is 14.4. The molecule has 1 aliphatic rings. The fraction of sp³-hybridized carbons (Fsp3) is 0.211. The van der Waals surface area contributed by atoms with Crippen LogP contribution >= 0.6 is 22.7 Å². The summed E-state index contributed by atoms with van der Waals surface area (Å²) < 4.78 is 0. The van der Waals surface area contributed by atoms with Crippen molar-refractivity contribution in [2.24, 2.45) is 0 Å². The molecule has 6 nitrogen and oxygen atoms in total. The molecule has 0 saturated heterocycles. The second-order valence-electron chi connectivity index (χ2n) is 6.43. The van der Waals surface area contributed by atoms with Gasteiger partial charge in [0.15, 0.2) is 6.54 Å². The molecule has 3 heterocycles. The van der Waals surface area contributed by atoms with E-state index in [2.05, 4.69) is 34.3 Å². The minimum atomic E-state index is -0.451. The summed E-state index contributed by atoms with van der Waals surface area (Å²) in [6, 6.07) is 12.5. The Labute approximate surface area is 164 Å². The van der Waals surface area contributed by atoms with Crippen LogP contribution in [0.5, 0.6) is 0 Å². The van der Waals surface area contributed by atoms with Crippen LogP contribution < -0.4 is 10.2 Å². The number of nitrogens with one attached hydrogen (secondary N) is 2. The first-order valence-corrected chi connectivity index (χ1v) is 10.4. The van der Waals surface area contributed by atoms with Gasteiger partial charge in [0.1, 0.15) is 6.04 Å². The molecule has 0 saturated carbocycles. The normalized spacial score (nSPS) is 18.7. The Morgan fingerprint density at radius 3 is 2.70 bits per heavy atom. The molecule has 0 aliphatic carbocycles. The van der Waals surface area contributed by atoms with Crippen molar-refractivity contribution in [2.45, 2.75) is 12.5 Å². The first-order valence-electron chi connectivity index (χ1n) is 8.60. The van der Waals surface area contributed by atoms with Crippen molar-refractivity contribution in [3.63, 3.8) is 0 Å².